The van der Waals surface area contributed by atoms with Gasteiger partial charge in [-0.05, 0) is 30.3 Å². The van der Waals surface area contributed by atoms with Gasteiger partial charge in [-0.25, -0.2) is 0 Å². The second-order valence-electron chi connectivity index (χ2n) is 4.97. The van der Waals surface area contributed by atoms with Crippen molar-refractivity contribution in [1.29, 1.82) is 0 Å². The number of carbonyl (C=O) groups is 1. The number of fused-ring (bicyclic) bond motifs is 1. The molecule has 0 aliphatic carbocycles. The van der Waals surface area contributed by atoms with Crippen LogP contribution in [0.2, 0.25) is 5.02 Å². The van der Waals surface area contributed by atoms with E-state index in [1.165, 1.54) is 7.11 Å². The van der Waals surface area contributed by atoms with Crippen molar-refractivity contribution in [1.82, 2.24) is 4.98 Å². The van der Waals surface area contributed by atoms with Crippen LogP contribution in [0.15, 0.2) is 48.5 Å². The zero-order valence-corrected chi connectivity index (χ0v) is 13.9. The van der Waals surface area contributed by atoms with Crippen molar-refractivity contribution in [3.63, 3.8) is 0 Å². The lowest BCUT2D eigenvalue weighted by molar-refractivity contribution is 0.0997. The third-order valence-corrected chi connectivity index (χ3v) is 6.41. The monoisotopic (exact) mass is 348 g/mol. The van der Waals surface area contributed by atoms with E-state index >= 15 is 0 Å². The van der Waals surface area contributed by atoms with E-state index < -0.39 is 13.3 Å². The lowest BCUT2D eigenvalue weighted by atomic mass is 10.2. The number of nitrogens with one attached hydrogen (secondary N) is 1. The minimum Gasteiger partial charge on any atom is -0.364 e. The van der Waals surface area contributed by atoms with Crippen LogP contribution in [0.4, 0.5) is 0 Å². The molecule has 0 aliphatic heterocycles. The van der Waals surface area contributed by atoms with Crippen molar-refractivity contribution >= 4 is 46.4 Å². The summed E-state index contributed by atoms with van der Waals surface area (Å²) in [6.07, 6.45) is 0. The van der Waals surface area contributed by atoms with Crippen LogP contribution in [0.25, 0.3) is 10.9 Å². The Kier molecular flexibility index (Phi) is 4.02. The number of carbonyl (C=O) groups excluding carboxylic acids is 1. The molecule has 0 fully saturated rings. The third kappa shape index (κ3) is 2.57. The average Bonchev–Trinajstić information content (AvgIpc) is 2.94. The molecule has 23 heavy (non-hydrogen) atoms. The Balaban J connectivity index is 2.41. The number of nitrogens with two attached hydrogens (primary N) is 1. The quantitative estimate of drug-likeness (QED) is 0.711. The highest BCUT2D eigenvalue weighted by atomic mass is 35.5. The molecule has 118 valence electrons. The molecule has 0 spiro atoms. The molecule has 0 bridgehead atoms. The van der Waals surface area contributed by atoms with Crippen molar-refractivity contribution in [3.05, 3.63) is 59.2 Å². The Hall–Kier alpha value is -2.07. The molecule has 1 atom stereocenters. The van der Waals surface area contributed by atoms with E-state index in [1.807, 2.05) is 6.07 Å². The molecule has 3 aromatic rings. The SMILES string of the molecule is CO[P@@](=O)(c1ccccc1)c1c(C(N)=O)[nH]c2ccc(Cl)cc12. The number of hydrogen-bond acceptors (Lipinski definition) is 3. The van der Waals surface area contributed by atoms with Crippen LogP contribution in [-0.2, 0) is 9.09 Å². The van der Waals surface area contributed by atoms with Gasteiger partial charge in [0.15, 0.2) is 0 Å². The molecule has 3 rings (SSSR count). The zero-order chi connectivity index (χ0) is 16.6. The number of rotatable bonds is 4. The molecule has 5 nitrogen and oxygen atoms in total. The molecule has 3 N–H and O–H groups in total. The molecule has 7 heteroatoms. The first kappa shape index (κ1) is 15.8. The predicted molar refractivity (Wildman–Crippen MR) is 92.2 cm³/mol. The van der Waals surface area contributed by atoms with E-state index in [0.29, 0.717) is 21.2 Å². The number of amides is 1. The van der Waals surface area contributed by atoms with Gasteiger partial charge in [0, 0.05) is 28.3 Å². The molecule has 0 saturated heterocycles. The van der Waals surface area contributed by atoms with Crippen molar-refractivity contribution in [3.8, 4) is 0 Å². The molecule has 1 amide bonds. The number of primary amides is 1. The topological polar surface area (TPSA) is 85.2 Å². The summed E-state index contributed by atoms with van der Waals surface area (Å²) in [5.41, 5.74) is 6.15. The summed E-state index contributed by atoms with van der Waals surface area (Å²) in [5, 5.41) is 1.74. The van der Waals surface area contributed by atoms with Crippen LogP contribution in [0.3, 0.4) is 0 Å². The van der Waals surface area contributed by atoms with E-state index in [1.54, 1.807) is 42.5 Å². The minimum atomic E-state index is -3.50. The maximum atomic E-state index is 13.6. The van der Waals surface area contributed by atoms with Gasteiger partial charge in [-0.3, -0.25) is 9.36 Å². The lowest BCUT2D eigenvalue weighted by Crippen LogP contribution is -2.25. The predicted octanol–water partition coefficient (Wildman–Crippen LogP) is 2.80. The van der Waals surface area contributed by atoms with E-state index in [4.69, 9.17) is 21.9 Å². The summed E-state index contributed by atoms with van der Waals surface area (Å²) >= 11 is 6.06. The maximum absolute atomic E-state index is 13.6. The van der Waals surface area contributed by atoms with E-state index in [9.17, 15) is 9.36 Å². The van der Waals surface area contributed by atoms with E-state index in [2.05, 4.69) is 4.98 Å². The Morgan fingerprint density at radius 3 is 2.52 bits per heavy atom. The standard InChI is InChI=1S/C16H14ClN2O3P/c1-22-23(21,11-5-3-2-4-6-11)15-12-9-10(17)7-8-13(12)19-14(15)16(18)20/h2-9,19H,1H3,(H2,18,20)/t23-/m0/s1. The summed E-state index contributed by atoms with van der Waals surface area (Å²) in [6, 6.07) is 13.7. The van der Waals surface area contributed by atoms with Crippen LogP contribution < -0.4 is 16.3 Å². The largest absolute Gasteiger partial charge is 0.364 e. The lowest BCUT2D eigenvalue weighted by Gasteiger charge is -2.17. The highest BCUT2D eigenvalue weighted by Crippen LogP contribution is 2.47. The minimum absolute atomic E-state index is 0.0660. The third-order valence-electron chi connectivity index (χ3n) is 3.63. The van der Waals surface area contributed by atoms with Crippen LogP contribution in [0.5, 0.6) is 0 Å². The van der Waals surface area contributed by atoms with E-state index in [0.717, 1.165) is 0 Å². The smallest absolute Gasteiger partial charge is 0.266 e. The highest BCUT2D eigenvalue weighted by molar-refractivity contribution is 7.75. The van der Waals surface area contributed by atoms with Crippen LogP contribution in [0, 0.1) is 0 Å². The first-order chi connectivity index (χ1) is 11.0. The Labute approximate surface area is 137 Å². The molecular weight excluding hydrogens is 335 g/mol. The van der Waals surface area contributed by atoms with Crippen LogP contribution in [-0.4, -0.2) is 18.0 Å². The van der Waals surface area contributed by atoms with E-state index in [-0.39, 0.29) is 11.0 Å². The molecule has 0 unspecified atom stereocenters. The molecule has 0 aliphatic rings. The number of hydrogen-bond donors (Lipinski definition) is 2. The zero-order valence-electron chi connectivity index (χ0n) is 12.2. The number of aromatic nitrogens is 1. The molecule has 0 saturated carbocycles. The number of aromatic amines is 1. The second kappa shape index (κ2) is 5.85. The van der Waals surface area contributed by atoms with Gasteiger partial charge in [-0.1, -0.05) is 29.8 Å². The van der Waals surface area contributed by atoms with Gasteiger partial charge in [0.25, 0.3) is 13.3 Å². The Morgan fingerprint density at radius 1 is 1.22 bits per heavy atom. The van der Waals surface area contributed by atoms with Crippen LogP contribution in [0.1, 0.15) is 10.5 Å². The first-order valence-electron chi connectivity index (χ1n) is 6.80. The first-order valence-corrected chi connectivity index (χ1v) is 8.80. The van der Waals surface area contributed by atoms with Crippen LogP contribution >= 0.6 is 19.0 Å². The number of benzene rings is 2. The van der Waals surface area contributed by atoms with Gasteiger partial charge < -0.3 is 15.2 Å². The molecule has 1 heterocycles. The molecule has 0 radical (unpaired) electrons. The fourth-order valence-corrected chi connectivity index (χ4v) is 4.93. The van der Waals surface area contributed by atoms with Gasteiger partial charge in [-0.2, -0.15) is 0 Å². The van der Waals surface area contributed by atoms with Gasteiger partial charge in [-0.15, -0.1) is 0 Å². The highest BCUT2D eigenvalue weighted by Gasteiger charge is 2.35. The Bertz CT molecular complexity index is 937. The number of halogens is 1. The normalized spacial score (nSPS) is 13.8. The van der Waals surface area contributed by atoms with Gasteiger partial charge in [0.05, 0.1) is 5.30 Å². The fraction of sp³-hybridized carbons (Fsp3) is 0.0625. The Morgan fingerprint density at radius 2 is 1.91 bits per heavy atom. The summed E-state index contributed by atoms with van der Waals surface area (Å²) in [5.74, 6) is -0.708. The maximum Gasteiger partial charge on any atom is 0.266 e. The summed E-state index contributed by atoms with van der Waals surface area (Å²) in [7, 11) is -2.16. The second-order valence-corrected chi connectivity index (χ2v) is 7.84. The van der Waals surface area contributed by atoms with Crippen molar-refractivity contribution in [2.45, 2.75) is 0 Å². The van der Waals surface area contributed by atoms with Gasteiger partial charge in [0.2, 0.25) is 0 Å². The molecular formula is C16H14ClN2O3P. The van der Waals surface area contributed by atoms with Crippen molar-refractivity contribution in [2.75, 3.05) is 7.11 Å². The summed E-state index contributed by atoms with van der Waals surface area (Å²) < 4.78 is 19.0. The fourth-order valence-electron chi connectivity index (χ4n) is 2.58. The van der Waals surface area contributed by atoms with Gasteiger partial charge >= 0.3 is 0 Å². The number of H-pyrrole nitrogens is 1. The van der Waals surface area contributed by atoms with Gasteiger partial charge in [0.1, 0.15) is 5.69 Å². The summed E-state index contributed by atoms with van der Waals surface area (Å²) in [6.45, 7) is 0. The average molecular weight is 349 g/mol. The summed E-state index contributed by atoms with van der Waals surface area (Å²) in [4.78, 5) is 14.8. The van der Waals surface area contributed by atoms with Crippen molar-refractivity contribution < 1.29 is 13.9 Å². The van der Waals surface area contributed by atoms with Crippen molar-refractivity contribution in [2.24, 2.45) is 5.73 Å². The molecule has 2 aromatic carbocycles. The molecule has 1 aromatic heterocycles.